The molecule has 3 N–H and O–H groups in total. The number of halogens is 1. The predicted molar refractivity (Wildman–Crippen MR) is 93.1 cm³/mol. The second kappa shape index (κ2) is 7.73. The number of aliphatic hydroxyl groups is 3. The SMILES string of the molecule is O=c1ccn([C@@H]2O[C@H](CO)C(O)[C@@H]2O)c(=O)n1CCc1ccc(Cl)cc1. The molecule has 4 atom stereocenters. The van der Waals surface area contributed by atoms with E-state index in [1.54, 1.807) is 24.3 Å². The first-order valence-electron chi connectivity index (χ1n) is 8.11. The van der Waals surface area contributed by atoms with Gasteiger partial charge in [0.2, 0.25) is 0 Å². The third kappa shape index (κ3) is 3.60. The largest absolute Gasteiger partial charge is 0.394 e. The van der Waals surface area contributed by atoms with Crippen LogP contribution in [0.15, 0.2) is 46.1 Å². The third-order valence-corrected chi connectivity index (χ3v) is 4.68. The minimum atomic E-state index is -1.40. The van der Waals surface area contributed by atoms with Gasteiger partial charge in [0.05, 0.1) is 6.61 Å². The van der Waals surface area contributed by atoms with E-state index < -0.39 is 42.4 Å². The molecule has 0 aliphatic carbocycles. The number of hydrogen-bond donors (Lipinski definition) is 3. The lowest BCUT2D eigenvalue weighted by Gasteiger charge is -2.18. The van der Waals surface area contributed by atoms with E-state index in [2.05, 4.69) is 0 Å². The average Bonchev–Trinajstić information content (AvgIpc) is 2.91. The summed E-state index contributed by atoms with van der Waals surface area (Å²) in [6.45, 7) is -0.366. The molecule has 0 saturated carbocycles. The molecule has 2 heterocycles. The van der Waals surface area contributed by atoms with E-state index in [1.165, 1.54) is 12.3 Å². The van der Waals surface area contributed by atoms with Crippen molar-refractivity contribution in [2.45, 2.75) is 37.5 Å². The highest BCUT2D eigenvalue weighted by molar-refractivity contribution is 6.30. The molecule has 0 bridgehead atoms. The standard InChI is InChI=1S/C17H19ClN2O6/c18-11-3-1-10(2-4-11)5-7-19-13(22)6-8-20(17(19)25)16-15(24)14(23)12(9-21)26-16/h1-4,6,8,12,14-16,21,23-24H,5,7,9H2/t12-,14?,15+,16-/m1/s1. The lowest BCUT2D eigenvalue weighted by molar-refractivity contribution is -0.0556. The lowest BCUT2D eigenvalue weighted by Crippen LogP contribution is -2.43. The van der Waals surface area contributed by atoms with Gasteiger partial charge in [0.1, 0.15) is 18.3 Å². The maximum absolute atomic E-state index is 12.7. The highest BCUT2D eigenvalue weighted by Gasteiger charge is 2.43. The fourth-order valence-electron chi connectivity index (χ4n) is 2.93. The summed E-state index contributed by atoms with van der Waals surface area (Å²) in [7, 11) is 0. The number of rotatable bonds is 5. The molecule has 0 amide bonds. The number of ether oxygens (including phenoxy) is 1. The van der Waals surface area contributed by atoms with Crippen LogP contribution in [-0.2, 0) is 17.7 Å². The van der Waals surface area contributed by atoms with E-state index in [0.717, 1.165) is 14.7 Å². The van der Waals surface area contributed by atoms with Crippen LogP contribution in [0.3, 0.4) is 0 Å². The van der Waals surface area contributed by atoms with Gasteiger partial charge >= 0.3 is 5.69 Å². The second-order valence-electron chi connectivity index (χ2n) is 6.10. The number of benzene rings is 1. The summed E-state index contributed by atoms with van der Waals surface area (Å²) in [6.07, 6.45) is -3.26. The van der Waals surface area contributed by atoms with Crippen LogP contribution in [0, 0.1) is 0 Å². The van der Waals surface area contributed by atoms with Crippen molar-refractivity contribution >= 4 is 11.6 Å². The van der Waals surface area contributed by atoms with Crippen molar-refractivity contribution in [1.82, 2.24) is 9.13 Å². The quantitative estimate of drug-likeness (QED) is 0.643. The van der Waals surface area contributed by atoms with Crippen LogP contribution in [0.4, 0.5) is 0 Å². The van der Waals surface area contributed by atoms with Crippen LogP contribution >= 0.6 is 11.6 Å². The maximum atomic E-state index is 12.7. The van der Waals surface area contributed by atoms with E-state index in [1.807, 2.05) is 0 Å². The maximum Gasteiger partial charge on any atom is 0.333 e. The molecule has 1 fully saturated rings. The number of aryl methyl sites for hydroxylation is 1. The zero-order valence-electron chi connectivity index (χ0n) is 13.7. The van der Waals surface area contributed by atoms with Gasteiger partial charge < -0.3 is 20.1 Å². The van der Waals surface area contributed by atoms with Crippen molar-refractivity contribution in [3.63, 3.8) is 0 Å². The molecule has 1 aliphatic rings. The molecule has 2 aromatic rings. The molecule has 1 aliphatic heterocycles. The first-order valence-corrected chi connectivity index (χ1v) is 8.49. The Morgan fingerprint density at radius 3 is 2.38 bits per heavy atom. The molecule has 3 rings (SSSR count). The zero-order valence-corrected chi connectivity index (χ0v) is 14.5. The van der Waals surface area contributed by atoms with E-state index in [0.29, 0.717) is 11.4 Å². The van der Waals surface area contributed by atoms with Crippen LogP contribution in [-0.4, -0.2) is 49.4 Å². The topological polar surface area (TPSA) is 114 Å². The van der Waals surface area contributed by atoms with Gasteiger partial charge in [-0.05, 0) is 24.1 Å². The minimum absolute atomic E-state index is 0.134. The molecule has 1 saturated heterocycles. The van der Waals surface area contributed by atoms with Crippen molar-refractivity contribution < 1.29 is 20.1 Å². The van der Waals surface area contributed by atoms with Gasteiger partial charge in [-0.2, -0.15) is 0 Å². The Labute approximate surface area is 153 Å². The highest BCUT2D eigenvalue weighted by Crippen LogP contribution is 2.27. The summed E-state index contributed by atoms with van der Waals surface area (Å²) in [4.78, 5) is 24.8. The average molecular weight is 383 g/mol. The molecular weight excluding hydrogens is 364 g/mol. The molecule has 1 unspecified atom stereocenters. The van der Waals surface area contributed by atoms with Crippen LogP contribution < -0.4 is 11.2 Å². The Hall–Kier alpha value is -1.97. The normalized spacial score (nSPS) is 25.5. The van der Waals surface area contributed by atoms with E-state index in [9.17, 15) is 19.8 Å². The molecular formula is C17H19ClN2O6. The zero-order chi connectivity index (χ0) is 18.8. The van der Waals surface area contributed by atoms with Gasteiger partial charge in [0.25, 0.3) is 5.56 Å². The van der Waals surface area contributed by atoms with E-state index in [4.69, 9.17) is 21.4 Å². The third-order valence-electron chi connectivity index (χ3n) is 4.42. The highest BCUT2D eigenvalue weighted by atomic mass is 35.5. The van der Waals surface area contributed by atoms with Gasteiger partial charge in [-0.25, -0.2) is 4.79 Å². The number of aromatic nitrogens is 2. The molecule has 0 radical (unpaired) electrons. The van der Waals surface area contributed by atoms with Gasteiger partial charge in [-0.15, -0.1) is 0 Å². The van der Waals surface area contributed by atoms with Crippen LogP contribution in [0.2, 0.25) is 5.02 Å². The lowest BCUT2D eigenvalue weighted by atomic mass is 10.1. The molecule has 9 heteroatoms. The van der Waals surface area contributed by atoms with Crippen molar-refractivity contribution in [2.24, 2.45) is 0 Å². The summed E-state index contributed by atoms with van der Waals surface area (Å²) in [5.41, 5.74) is -0.239. The molecule has 1 aromatic heterocycles. The molecule has 26 heavy (non-hydrogen) atoms. The molecule has 0 spiro atoms. The minimum Gasteiger partial charge on any atom is -0.394 e. The van der Waals surface area contributed by atoms with Crippen LogP contribution in [0.5, 0.6) is 0 Å². The number of aliphatic hydroxyl groups excluding tert-OH is 3. The second-order valence-corrected chi connectivity index (χ2v) is 6.54. The van der Waals surface area contributed by atoms with Crippen molar-refractivity contribution in [3.05, 3.63) is 68.0 Å². The van der Waals surface area contributed by atoms with E-state index >= 15 is 0 Å². The smallest absolute Gasteiger partial charge is 0.333 e. The Bertz CT molecular complexity index is 878. The van der Waals surface area contributed by atoms with Crippen LogP contribution in [0.1, 0.15) is 11.8 Å². The summed E-state index contributed by atoms with van der Waals surface area (Å²) in [5, 5.41) is 29.7. The Morgan fingerprint density at radius 2 is 1.77 bits per heavy atom. The van der Waals surface area contributed by atoms with Crippen molar-refractivity contribution in [1.29, 1.82) is 0 Å². The van der Waals surface area contributed by atoms with Crippen molar-refractivity contribution in [2.75, 3.05) is 6.61 Å². The van der Waals surface area contributed by atoms with Crippen LogP contribution in [0.25, 0.3) is 0 Å². The Kier molecular flexibility index (Phi) is 5.59. The van der Waals surface area contributed by atoms with E-state index in [-0.39, 0.29) is 6.54 Å². The first-order chi connectivity index (χ1) is 12.4. The van der Waals surface area contributed by atoms with Gasteiger partial charge in [-0.3, -0.25) is 13.9 Å². The fourth-order valence-corrected chi connectivity index (χ4v) is 3.06. The Balaban J connectivity index is 1.86. The summed E-state index contributed by atoms with van der Waals surface area (Å²) < 4.78 is 7.44. The predicted octanol–water partition coefficient (Wildman–Crippen LogP) is -0.482. The molecule has 1 aromatic carbocycles. The summed E-state index contributed by atoms with van der Waals surface area (Å²) in [5.74, 6) is 0. The Morgan fingerprint density at radius 1 is 1.08 bits per heavy atom. The van der Waals surface area contributed by atoms with Gasteiger partial charge in [0, 0.05) is 23.8 Å². The van der Waals surface area contributed by atoms with Crippen molar-refractivity contribution in [3.8, 4) is 0 Å². The number of nitrogens with zero attached hydrogens (tertiary/aromatic N) is 2. The summed E-state index contributed by atoms with van der Waals surface area (Å²) in [6, 6.07) is 8.25. The number of hydrogen-bond acceptors (Lipinski definition) is 6. The summed E-state index contributed by atoms with van der Waals surface area (Å²) >= 11 is 5.84. The van der Waals surface area contributed by atoms with Gasteiger partial charge in [-0.1, -0.05) is 23.7 Å². The monoisotopic (exact) mass is 382 g/mol. The fraction of sp³-hybridized carbons (Fsp3) is 0.412. The first kappa shape index (κ1) is 18.8. The molecule has 140 valence electrons. The van der Waals surface area contributed by atoms with Gasteiger partial charge in [0.15, 0.2) is 6.23 Å². The molecule has 8 nitrogen and oxygen atoms in total.